The average molecular weight is 518 g/mol. The maximum absolute atomic E-state index is 5.43. The Morgan fingerprint density at radius 3 is 1.54 bits per heavy atom. The maximum atomic E-state index is 5.43. The highest BCUT2D eigenvalue weighted by atomic mass is 16.5. The number of fused-ring (bicyclic) bond motifs is 3. The quantitative estimate of drug-likeness (QED) is 0.165. The van der Waals surface area contributed by atoms with E-state index in [9.17, 15) is 0 Å². The monoisotopic (exact) mass is 517 g/mol. The second-order valence-corrected chi connectivity index (χ2v) is 11.2. The number of methoxy groups -OCH3 is 1. The third-order valence-electron chi connectivity index (χ3n) is 8.71. The third-order valence-corrected chi connectivity index (χ3v) is 8.71. The van der Waals surface area contributed by atoms with Gasteiger partial charge in [0, 0.05) is 17.8 Å². The summed E-state index contributed by atoms with van der Waals surface area (Å²) in [6, 6.07) is 27.2. The van der Waals surface area contributed by atoms with E-state index in [1.54, 1.807) is 7.11 Å². The second kappa shape index (κ2) is 12.6. The molecule has 4 aromatic rings. The lowest BCUT2D eigenvalue weighted by Crippen LogP contribution is -2.25. The smallest absolute Gasteiger partial charge is 0.118 e. The Hall–Kier alpha value is -3.39. The Balaban J connectivity index is 1.63. The molecule has 0 spiro atoms. The lowest BCUT2D eigenvalue weighted by molar-refractivity contribution is 0.401. The van der Waals surface area contributed by atoms with E-state index in [-0.39, 0.29) is 5.41 Å². The number of aromatic nitrogens is 1. The van der Waals surface area contributed by atoms with Crippen molar-refractivity contribution in [3.05, 3.63) is 96.3 Å². The van der Waals surface area contributed by atoms with Gasteiger partial charge in [0.25, 0.3) is 0 Å². The van der Waals surface area contributed by atoms with Crippen molar-refractivity contribution < 1.29 is 4.74 Å². The van der Waals surface area contributed by atoms with E-state index in [1.807, 2.05) is 12.4 Å². The molecule has 0 saturated heterocycles. The predicted molar refractivity (Wildman–Crippen MR) is 165 cm³/mol. The fraction of sp³-hybridized carbons (Fsp3) is 0.378. The van der Waals surface area contributed by atoms with Crippen molar-refractivity contribution in [1.29, 1.82) is 0 Å². The molecular formula is C37H43NO. The number of ether oxygens (including phenoxy) is 1. The van der Waals surface area contributed by atoms with Gasteiger partial charge in [-0.3, -0.25) is 4.98 Å². The lowest BCUT2D eigenvalue weighted by Gasteiger charge is -2.33. The van der Waals surface area contributed by atoms with Crippen LogP contribution in [0.5, 0.6) is 5.75 Å². The topological polar surface area (TPSA) is 22.1 Å². The zero-order chi connectivity index (χ0) is 27.1. The highest BCUT2D eigenvalue weighted by Gasteiger charge is 2.42. The van der Waals surface area contributed by atoms with Gasteiger partial charge >= 0.3 is 0 Å². The van der Waals surface area contributed by atoms with Crippen LogP contribution in [0.4, 0.5) is 0 Å². The van der Waals surface area contributed by atoms with Gasteiger partial charge in [0.2, 0.25) is 0 Å². The lowest BCUT2D eigenvalue weighted by atomic mass is 9.70. The minimum atomic E-state index is 0.0532. The Kier molecular flexibility index (Phi) is 8.81. The van der Waals surface area contributed by atoms with Crippen molar-refractivity contribution in [3.63, 3.8) is 0 Å². The largest absolute Gasteiger partial charge is 0.497 e. The number of unbranched alkanes of at least 4 members (excludes halogenated alkanes) is 6. The van der Waals surface area contributed by atoms with Gasteiger partial charge in [0.05, 0.1) is 7.11 Å². The summed E-state index contributed by atoms with van der Waals surface area (Å²) in [4.78, 5) is 4.26. The summed E-state index contributed by atoms with van der Waals surface area (Å²) in [6.07, 6.45) is 16.6. The van der Waals surface area contributed by atoms with E-state index < -0.39 is 0 Å². The van der Waals surface area contributed by atoms with Gasteiger partial charge in [0.1, 0.15) is 5.75 Å². The van der Waals surface area contributed by atoms with Crippen LogP contribution < -0.4 is 4.74 Å². The third kappa shape index (κ3) is 5.66. The molecule has 0 N–H and O–H groups in total. The summed E-state index contributed by atoms with van der Waals surface area (Å²) >= 11 is 0. The van der Waals surface area contributed by atoms with E-state index in [0.717, 1.165) is 5.75 Å². The Morgan fingerprint density at radius 2 is 1.05 bits per heavy atom. The first-order valence-electron chi connectivity index (χ1n) is 15.0. The zero-order valence-corrected chi connectivity index (χ0v) is 24.0. The Morgan fingerprint density at radius 1 is 0.564 bits per heavy atom. The maximum Gasteiger partial charge on any atom is 0.118 e. The van der Waals surface area contributed by atoms with Gasteiger partial charge in [-0.2, -0.15) is 0 Å². The van der Waals surface area contributed by atoms with E-state index in [2.05, 4.69) is 91.6 Å². The van der Waals surface area contributed by atoms with Gasteiger partial charge in [0.15, 0.2) is 0 Å². The minimum absolute atomic E-state index is 0.0532. The van der Waals surface area contributed by atoms with Gasteiger partial charge in [-0.25, -0.2) is 0 Å². The molecule has 0 saturated carbocycles. The second-order valence-electron chi connectivity index (χ2n) is 11.2. The highest BCUT2D eigenvalue weighted by Crippen LogP contribution is 2.55. The SMILES string of the molecule is CCCCCCC1(CCCCCC)c2cc(-c3ccncc3)ccc2-c2ccc(-c3ccc(OC)cc3)cc21. The van der Waals surface area contributed by atoms with Crippen molar-refractivity contribution in [2.75, 3.05) is 7.11 Å². The fourth-order valence-electron chi connectivity index (χ4n) is 6.55. The standard InChI is InChI=1S/C37H43NO/c1-4-6-8-10-22-37(23-11-9-7-5-2)35-26-30(28-12-16-32(39-3)17-13-28)14-18-33(35)34-19-15-31(27-36(34)37)29-20-24-38-25-21-29/h12-21,24-27H,4-11,22-23H2,1-3H3. The van der Waals surface area contributed by atoms with Crippen LogP contribution in [0.25, 0.3) is 33.4 Å². The summed E-state index contributed by atoms with van der Waals surface area (Å²) in [5.74, 6) is 0.900. The van der Waals surface area contributed by atoms with Crippen LogP contribution in [-0.2, 0) is 5.41 Å². The number of benzene rings is 3. The van der Waals surface area contributed by atoms with Crippen molar-refractivity contribution >= 4 is 0 Å². The molecule has 0 atom stereocenters. The van der Waals surface area contributed by atoms with Crippen molar-refractivity contribution in [3.8, 4) is 39.1 Å². The molecule has 0 unspecified atom stereocenters. The minimum Gasteiger partial charge on any atom is -0.497 e. The summed E-state index contributed by atoms with van der Waals surface area (Å²) in [5, 5.41) is 0. The Bertz CT molecular complexity index is 1340. The van der Waals surface area contributed by atoms with Crippen LogP contribution in [0.3, 0.4) is 0 Å². The normalized spacial score (nSPS) is 13.2. The first-order chi connectivity index (χ1) is 19.2. The summed E-state index contributed by atoms with van der Waals surface area (Å²) in [5.41, 5.74) is 11.1. The zero-order valence-electron chi connectivity index (χ0n) is 24.0. The molecule has 2 nitrogen and oxygen atoms in total. The van der Waals surface area contributed by atoms with E-state index >= 15 is 0 Å². The van der Waals surface area contributed by atoms with Gasteiger partial charge in [-0.05, 0) is 93.7 Å². The van der Waals surface area contributed by atoms with Crippen LogP contribution >= 0.6 is 0 Å². The molecule has 1 aromatic heterocycles. The molecule has 2 heteroatoms. The van der Waals surface area contributed by atoms with Gasteiger partial charge in [-0.1, -0.05) is 102 Å². The Labute approximate surface area is 235 Å². The van der Waals surface area contributed by atoms with Crippen molar-refractivity contribution in [2.45, 2.75) is 83.5 Å². The first-order valence-corrected chi connectivity index (χ1v) is 15.0. The first kappa shape index (κ1) is 27.2. The van der Waals surface area contributed by atoms with Gasteiger partial charge in [-0.15, -0.1) is 0 Å². The predicted octanol–water partition coefficient (Wildman–Crippen LogP) is 10.6. The van der Waals surface area contributed by atoms with Gasteiger partial charge < -0.3 is 4.74 Å². The number of hydrogen-bond acceptors (Lipinski definition) is 2. The molecular weight excluding hydrogens is 474 g/mol. The van der Waals surface area contributed by atoms with Crippen LogP contribution in [0.15, 0.2) is 85.2 Å². The van der Waals surface area contributed by atoms with Crippen LogP contribution in [0.2, 0.25) is 0 Å². The van der Waals surface area contributed by atoms with Crippen LogP contribution in [0, 0.1) is 0 Å². The van der Waals surface area contributed by atoms with E-state index in [1.165, 1.54) is 109 Å². The molecule has 5 rings (SSSR count). The molecule has 0 bridgehead atoms. The summed E-state index contributed by atoms with van der Waals surface area (Å²) < 4.78 is 5.43. The van der Waals surface area contributed by atoms with Crippen molar-refractivity contribution in [1.82, 2.24) is 4.98 Å². The molecule has 0 amide bonds. The van der Waals surface area contributed by atoms with Crippen LogP contribution in [-0.4, -0.2) is 12.1 Å². The fourth-order valence-corrected chi connectivity index (χ4v) is 6.55. The van der Waals surface area contributed by atoms with Crippen molar-refractivity contribution in [2.24, 2.45) is 0 Å². The number of nitrogens with zero attached hydrogens (tertiary/aromatic N) is 1. The van der Waals surface area contributed by atoms with E-state index in [0.29, 0.717) is 0 Å². The number of hydrogen-bond donors (Lipinski definition) is 0. The molecule has 39 heavy (non-hydrogen) atoms. The molecule has 0 aliphatic heterocycles. The van der Waals surface area contributed by atoms with Crippen LogP contribution in [0.1, 0.15) is 89.2 Å². The average Bonchev–Trinajstić information content (AvgIpc) is 3.26. The molecule has 1 heterocycles. The molecule has 3 aromatic carbocycles. The molecule has 1 aliphatic carbocycles. The molecule has 202 valence electrons. The summed E-state index contributed by atoms with van der Waals surface area (Å²) in [6.45, 7) is 4.62. The highest BCUT2D eigenvalue weighted by molar-refractivity contribution is 5.86. The summed E-state index contributed by atoms with van der Waals surface area (Å²) in [7, 11) is 1.73. The molecule has 1 aliphatic rings. The molecule has 0 radical (unpaired) electrons. The number of rotatable bonds is 13. The number of pyridine rings is 1. The molecule has 0 fully saturated rings. The van der Waals surface area contributed by atoms with E-state index in [4.69, 9.17) is 4.74 Å².